The molecule has 3 N–H and O–H groups in total. The fourth-order valence-corrected chi connectivity index (χ4v) is 2.65. The molecule has 2 aliphatic rings. The molecule has 1 aliphatic heterocycles. The Bertz CT molecular complexity index is 709. The van der Waals surface area contributed by atoms with Crippen LogP contribution in [-0.4, -0.2) is 18.1 Å². The zero-order valence-corrected chi connectivity index (χ0v) is 15.3. The first-order valence-corrected chi connectivity index (χ1v) is 9.12. The van der Waals surface area contributed by atoms with Crippen LogP contribution in [0.5, 0.6) is 0 Å². The third-order valence-corrected chi connectivity index (χ3v) is 4.13. The number of hydrogen-bond donors (Lipinski definition) is 2. The molecule has 3 nitrogen and oxygen atoms in total. The minimum Gasteiger partial charge on any atom is -0.326 e. The van der Waals surface area contributed by atoms with E-state index >= 15 is 0 Å². The monoisotopic (exact) mass is 355 g/mol. The maximum absolute atomic E-state index is 5.91. The lowest BCUT2D eigenvalue weighted by molar-refractivity contribution is 0.857. The van der Waals surface area contributed by atoms with Crippen molar-refractivity contribution in [2.24, 2.45) is 5.73 Å². The van der Waals surface area contributed by atoms with E-state index in [0.717, 1.165) is 22.9 Å². The highest BCUT2D eigenvalue weighted by atomic mass is 35.5. The molecule has 0 amide bonds. The van der Waals surface area contributed by atoms with Gasteiger partial charge in [-0.1, -0.05) is 66.3 Å². The smallest absolute Gasteiger partial charge is 0.134 e. The fraction of sp³-hybridized carbons (Fsp3) is 0.286. The molecule has 0 radical (unpaired) electrons. The normalized spacial score (nSPS) is 15.1. The van der Waals surface area contributed by atoms with Gasteiger partial charge in [0, 0.05) is 17.5 Å². The van der Waals surface area contributed by atoms with E-state index in [1.807, 2.05) is 42.5 Å². The van der Waals surface area contributed by atoms with Crippen LogP contribution in [-0.2, 0) is 6.54 Å². The van der Waals surface area contributed by atoms with Crippen LogP contribution >= 0.6 is 11.6 Å². The number of nitrogens with two attached hydrogens (primary N) is 1. The molecule has 2 aromatic rings. The lowest BCUT2D eigenvalue weighted by Gasteiger charge is -2.02. The zero-order valence-electron chi connectivity index (χ0n) is 14.5. The predicted octanol–water partition coefficient (Wildman–Crippen LogP) is 4.78. The first-order chi connectivity index (χ1) is 12.3. The van der Waals surface area contributed by atoms with E-state index in [9.17, 15) is 0 Å². The second-order valence-corrected chi connectivity index (χ2v) is 6.13. The third kappa shape index (κ3) is 7.22. The van der Waals surface area contributed by atoms with Crippen LogP contribution in [0.25, 0.3) is 10.9 Å². The third-order valence-electron chi connectivity index (χ3n) is 3.80. The highest BCUT2D eigenvalue weighted by Crippen LogP contribution is 2.19. The van der Waals surface area contributed by atoms with E-state index in [2.05, 4.69) is 34.6 Å². The van der Waals surface area contributed by atoms with E-state index in [0.29, 0.717) is 11.7 Å². The molecule has 1 saturated heterocycles. The fourth-order valence-electron chi connectivity index (χ4n) is 2.43. The average Bonchev–Trinajstić information content (AvgIpc) is 3.09. The number of pyridine rings is 1. The van der Waals surface area contributed by atoms with Crippen LogP contribution in [0.15, 0.2) is 66.8 Å². The van der Waals surface area contributed by atoms with Gasteiger partial charge in [0.05, 0.1) is 5.52 Å². The zero-order chi connectivity index (χ0) is 17.7. The molecule has 0 spiro atoms. The second kappa shape index (κ2) is 11.6. The van der Waals surface area contributed by atoms with Crippen LogP contribution in [0, 0.1) is 0 Å². The summed E-state index contributed by atoms with van der Waals surface area (Å²) in [6.45, 7) is 2.93. The maximum atomic E-state index is 5.91. The van der Waals surface area contributed by atoms with Gasteiger partial charge in [-0.3, -0.25) is 0 Å². The molecule has 25 heavy (non-hydrogen) atoms. The maximum Gasteiger partial charge on any atom is 0.134 e. The van der Waals surface area contributed by atoms with Crippen molar-refractivity contribution < 1.29 is 0 Å². The van der Waals surface area contributed by atoms with Gasteiger partial charge < -0.3 is 11.1 Å². The van der Waals surface area contributed by atoms with Gasteiger partial charge in [0.2, 0.25) is 0 Å². The first-order valence-electron chi connectivity index (χ1n) is 8.74. The molecule has 0 unspecified atom stereocenters. The number of hydrogen-bond acceptors (Lipinski definition) is 3. The van der Waals surface area contributed by atoms with Crippen LogP contribution in [0.2, 0.25) is 5.15 Å². The second-order valence-electron chi connectivity index (χ2n) is 5.77. The molecule has 4 heteroatoms. The lowest BCUT2D eigenvalue weighted by Crippen LogP contribution is -2.03. The van der Waals surface area contributed by atoms with Gasteiger partial charge in [-0.2, -0.15) is 0 Å². The predicted molar refractivity (Wildman–Crippen MR) is 109 cm³/mol. The van der Waals surface area contributed by atoms with Crippen LogP contribution in [0.3, 0.4) is 0 Å². The van der Waals surface area contributed by atoms with Crippen molar-refractivity contribution in [2.75, 3.05) is 13.1 Å². The Kier molecular flexibility index (Phi) is 8.98. The Labute approximate surface area is 155 Å². The van der Waals surface area contributed by atoms with Gasteiger partial charge >= 0.3 is 0 Å². The van der Waals surface area contributed by atoms with Crippen molar-refractivity contribution in [1.29, 1.82) is 0 Å². The van der Waals surface area contributed by atoms with Crippen molar-refractivity contribution in [1.82, 2.24) is 10.3 Å². The molecular formula is C21H26ClN3. The van der Waals surface area contributed by atoms with Gasteiger partial charge in [0.25, 0.3) is 0 Å². The number of nitrogens with zero attached hydrogens (tertiary/aromatic N) is 1. The summed E-state index contributed by atoms with van der Waals surface area (Å²) in [5, 5.41) is 4.80. The summed E-state index contributed by atoms with van der Waals surface area (Å²) < 4.78 is 0. The first kappa shape index (κ1) is 19.4. The van der Waals surface area contributed by atoms with Gasteiger partial charge in [-0.25, -0.2) is 4.98 Å². The SMILES string of the molecule is C1=CC=CCC=C1.C1CCNC1.NCc1cc2ccccc2nc1Cl. The van der Waals surface area contributed by atoms with Crippen molar-refractivity contribution >= 4 is 22.5 Å². The van der Waals surface area contributed by atoms with E-state index < -0.39 is 0 Å². The van der Waals surface area contributed by atoms with Crippen molar-refractivity contribution in [3.63, 3.8) is 0 Å². The number of para-hydroxylation sites is 1. The molecule has 0 saturated carbocycles. The number of aromatic nitrogens is 1. The number of benzene rings is 1. The van der Waals surface area contributed by atoms with E-state index in [-0.39, 0.29) is 0 Å². The summed E-state index contributed by atoms with van der Waals surface area (Å²) in [7, 11) is 0. The standard InChI is InChI=1S/C10H9ClN2.C7H8.C4H9N/c11-10-8(6-12)5-7-3-1-2-4-9(7)13-10;1-2-4-6-7-5-3-1;1-2-4-5-3-1/h1-5H,6,12H2;1-6H,7H2;5H,1-4H2. The van der Waals surface area contributed by atoms with Crippen LogP contribution < -0.4 is 11.1 Å². The Morgan fingerprint density at radius 1 is 1.00 bits per heavy atom. The number of rotatable bonds is 1. The number of nitrogens with one attached hydrogen (secondary N) is 1. The molecular weight excluding hydrogens is 330 g/mol. The highest BCUT2D eigenvalue weighted by molar-refractivity contribution is 6.30. The molecule has 1 aliphatic carbocycles. The minimum atomic E-state index is 0.427. The summed E-state index contributed by atoms with van der Waals surface area (Å²) in [6, 6.07) is 9.82. The average molecular weight is 356 g/mol. The number of fused-ring (bicyclic) bond motifs is 1. The van der Waals surface area contributed by atoms with E-state index in [1.54, 1.807) is 0 Å². The van der Waals surface area contributed by atoms with Gasteiger partial charge in [0.15, 0.2) is 0 Å². The van der Waals surface area contributed by atoms with Crippen molar-refractivity contribution in [3.8, 4) is 0 Å². The van der Waals surface area contributed by atoms with Crippen molar-refractivity contribution in [3.05, 3.63) is 77.5 Å². The minimum absolute atomic E-state index is 0.427. The Balaban J connectivity index is 0.000000156. The number of allylic oxidation sites excluding steroid dienone is 6. The van der Waals surface area contributed by atoms with Crippen LogP contribution in [0.1, 0.15) is 24.8 Å². The molecule has 4 rings (SSSR count). The summed E-state index contributed by atoms with van der Waals surface area (Å²) in [5.41, 5.74) is 7.31. The molecule has 0 bridgehead atoms. The summed E-state index contributed by atoms with van der Waals surface area (Å²) in [5.74, 6) is 0. The van der Waals surface area contributed by atoms with Gasteiger partial charge in [-0.05, 0) is 44.5 Å². The largest absolute Gasteiger partial charge is 0.326 e. The molecule has 1 aromatic carbocycles. The summed E-state index contributed by atoms with van der Waals surface area (Å²) in [6.07, 6.45) is 16.3. The molecule has 2 heterocycles. The summed E-state index contributed by atoms with van der Waals surface area (Å²) in [4.78, 5) is 4.23. The Hall–Kier alpha value is -1.94. The Morgan fingerprint density at radius 2 is 1.68 bits per heavy atom. The highest BCUT2D eigenvalue weighted by Gasteiger charge is 2.01. The quantitative estimate of drug-likeness (QED) is 0.724. The molecule has 1 fully saturated rings. The Morgan fingerprint density at radius 3 is 2.28 bits per heavy atom. The van der Waals surface area contributed by atoms with Crippen LogP contribution in [0.4, 0.5) is 0 Å². The van der Waals surface area contributed by atoms with Crippen molar-refractivity contribution in [2.45, 2.75) is 25.8 Å². The summed E-state index contributed by atoms with van der Waals surface area (Å²) >= 11 is 5.91. The topological polar surface area (TPSA) is 50.9 Å². The van der Waals surface area contributed by atoms with Gasteiger partial charge in [0.1, 0.15) is 5.15 Å². The lowest BCUT2D eigenvalue weighted by atomic mass is 10.1. The molecule has 1 aromatic heterocycles. The molecule has 0 atom stereocenters. The van der Waals surface area contributed by atoms with E-state index in [4.69, 9.17) is 17.3 Å². The molecule has 132 valence electrons. The van der Waals surface area contributed by atoms with Gasteiger partial charge in [-0.15, -0.1) is 0 Å². The van der Waals surface area contributed by atoms with E-state index in [1.165, 1.54) is 25.9 Å². The number of halogens is 1.